The fraction of sp³-hybridized carbons (Fsp3) is 0.818. The Bertz CT molecular complexity index is 79.1. The molecule has 0 spiro atoms. The molecule has 0 rings (SSSR count). The summed E-state index contributed by atoms with van der Waals surface area (Å²) >= 11 is 0. The summed E-state index contributed by atoms with van der Waals surface area (Å²) < 4.78 is 0. The maximum atomic E-state index is 3.69. The molecule has 0 aliphatic rings. The third-order valence-corrected chi connectivity index (χ3v) is 1.61. The molecule has 0 aromatic carbocycles. The van der Waals surface area contributed by atoms with Crippen molar-refractivity contribution in [2.45, 2.75) is 40.0 Å². The first-order chi connectivity index (χ1) is 5.81. The van der Waals surface area contributed by atoms with E-state index in [1.165, 1.54) is 19.4 Å². The van der Waals surface area contributed by atoms with Gasteiger partial charge in [0.15, 0.2) is 0 Å². The molecule has 0 aromatic heterocycles. The summed E-state index contributed by atoms with van der Waals surface area (Å²) in [6.07, 6.45) is 5.69. The van der Waals surface area contributed by atoms with E-state index in [1.54, 1.807) is 0 Å². The van der Waals surface area contributed by atoms with Crippen molar-refractivity contribution in [3.63, 3.8) is 0 Å². The Morgan fingerprint density at radius 2 is 1.83 bits per heavy atom. The molecule has 0 saturated heterocycles. The van der Waals surface area contributed by atoms with Gasteiger partial charge in [0, 0.05) is 6.54 Å². The van der Waals surface area contributed by atoms with Gasteiger partial charge in [0.1, 0.15) is 0 Å². The monoisotopic (exact) mass is 171 g/mol. The highest BCUT2D eigenvalue weighted by molar-refractivity contribution is 4.67. The topological polar surface area (TPSA) is 3.24 Å². The largest absolute Gasteiger partial charge is 0.306 e. The average molecular weight is 171 g/mol. The summed E-state index contributed by atoms with van der Waals surface area (Å²) in [6, 6.07) is 0. The molecule has 0 heterocycles. The first kappa shape index (κ1) is 14.2. The predicted molar refractivity (Wildman–Crippen MR) is 58.6 cm³/mol. The van der Waals surface area contributed by atoms with E-state index in [4.69, 9.17) is 0 Å². The van der Waals surface area contributed by atoms with Crippen LogP contribution < -0.4 is 0 Å². The first-order valence-electron chi connectivity index (χ1n) is 5.10. The Labute approximate surface area is 78.5 Å². The van der Waals surface area contributed by atoms with Crippen molar-refractivity contribution in [2.24, 2.45) is 0 Å². The summed E-state index contributed by atoms with van der Waals surface area (Å²) in [6.45, 7) is 12.3. The molecule has 0 fully saturated rings. The zero-order valence-corrected chi connectivity index (χ0v) is 9.27. The minimum absolute atomic E-state index is 1.11. The summed E-state index contributed by atoms with van der Waals surface area (Å²) in [5.74, 6) is 0. The van der Waals surface area contributed by atoms with Gasteiger partial charge in [-0.05, 0) is 26.4 Å². The Morgan fingerprint density at radius 3 is 2.25 bits per heavy atom. The van der Waals surface area contributed by atoms with Gasteiger partial charge >= 0.3 is 0 Å². The van der Waals surface area contributed by atoms with E-state index >= 15 is 0 Å². The fourth-order valence-corrected chi connectivity index (χ4v) is 0.852. The molecule has 0 N–H and O–H groups in total. The van der Waals surface area contributed by atoms with Crippen LogP contribution in [-0.2, 0) is 0 Å². The zero-order chi connectivity index (χ0) is 9.82. The summed E-state index contributed by atoms with van der Waals surface area (Å²) in [4.78, 5) is 2.35. The minimum atomic E-state index is 1.11. The summed E-state index contributed by atoms with van der Waals surface area (Å²) in [7, 11) is 2.17. The Hall–Kier alpha value is -0.300. The first-order valence-corrected chi connectivity index (χ1v) is 5.10. The van der Waals surface area contributed by atoms with Gasteiger partial charge in [-0.3, -0.25) is 0 Å². The van der Waals surface area contributed by atoms with Crippen molar-refractivity contribution in [1.29, 1.82) is 0 Å². The molecule has 0 saturated carbocycles. The number of hydrogen-bond donors (Lipinski definition) is 0. The maximum Gasteiger partial charge on any atom is 0.00128 e. The van der Waals surface area contributed by atoms with E-state index in [1.807, 2.05) is 19.9 Å². The van der Waals surface area contributed by atoms with Gasteiger partial charge in [-0.25, -0.2) is 0 Å². The van der Waals surface area contributed by atoms with Gasteiger partial charge in [-0.15, -0.1) is 6.58 Å². The highest BCUT2D eigenvalue weighted by atomic mass is 15.1. The normalized spacial score (nSPS) is 9.08. The maximum absolute atomic E-state index is 3.69. The van der Waals surface area contributed by atoms with Crippen LogP contribution in [0.1, 0.15) is 40.0 Å². The lowest BCUT2D eigenvalue weighted by Gasteiger charge is -2.13. The second-order valence-corrected chi connectivity index (χ2v) is 2.73. The van der Waals surface area contributed by atoms with Crippen LogP contribution in [0.3, 0.4) is 0 Å². The van der Waals surface area contributed by atoms with E-state index in [9.17, 15) is 0 Å². The predicted octanol–water partition coefficient (Wildman–Crippen LogP) is 3.32. The number of nitrogens with zero attached hydrogens (tertiary/aromatic N) is 1. The van der Waals surface area contributed by atoms with Crippen molar-refractivity contribution in [3.05, 3.63) is 12.7 Å². The SMILES string of the molecule is C=CCCN(C)CCCC.CC. The molecule has 0 aliphatic carbocycles. The Balaban J connectivity index is 0. The van der Waals surface area contributed by atoms with Crippen LogP contribution in [0.25, 0.3) is 0 Å². The lowest BCUT2D eigenvalue weighted by Crippen LogP contribution is -2.20. The van der Waals surface area contributed by atoms with Crippen LogP contribution in [0.15, 0.2) is 12.7 Å². The van der Waals surface area contributed by atoms with Gasteiger partial charge in [0.05, 0.1) is 0 Å². The van der Waals surface area contributed by atoms with Crippen molar-refractivity contribution in [1.82, 2.24) is 4.90 Å². The summed E-state index contributed by atoms with van der Waals surface area (Å²) in [5.41, 5.74) is 0. The van der Waals surface area contributed by atoms with Crippen LogP contribution in [0.2, 0.25) is 0 Å². The van der Waals surface area contributed by atoms with Crippen molar-refractivity contribution < 1.29 is 0 Å². The molecule has 0 aliphatic heterocycles. The quantitative estimate of drug-likeness (QED) is 0.554. The summed E-state index contributed by atoms with van der Waals surface area (Å²) in [5, 5.41) is 0. The second-order valence-electron chi connectivity index (χ2n) is 2.73. The van der Waals surface area contributed by atoms with Crippen molar-refractivity contribution >= 4 is 0 Å². The van der Waals surface area contributed by atoms with Gasteiger partial charge in [0.25, 0.3) is 0 Å². The van der Waals surface area contributed by atoms with E-state index < -0.39 is 0 Å². The smallest absolute Gasteiger partial charge is 0.00128 e. The molecule has 74 valence electrons. The highest BCUT2D eigenvalue weighted by Crippen LogP contribution is 1.92. The zero-order valence-electron chi connectivity index (χ0n) is 9.27. The van der Waals surface area contributed by atoms with Crippen LogP contribution in [-0.4, -0.2) is 25.0 Å². The highest BCUT2D eigenvalue weighted by Gasteiger charge is 1.93. The number of hydrogen-bond acceptors (Lipinski definition) is 1. The van der Waals surface area contributed by atoms with E-state index in [2.05, 4.69) is 25.5 Å². The lowest BCUT2D eigenvalue weighted by atomic mass is 10.3. The Morgan fingerprint density at radius 1 is 1.25 bits per heavy atom. The molecule has 12 heavy (non-hydrogen) atoms. The van der Waals surface area contributed by atoms with Crippen LogP contribution in [0, 0.1) is 0 Å². The lowest BCUT2D eigenvalue weighted by molar-refractivity contribution is 0.334. The number of rotatable bonds is 6. The standard InChI is InChI=1S/C9H19N.C2H6/c1-4-6-8-10(3)9-7-5-2;1-2/h4H,1,5-9H2,2-3H3;1-2H3. The van der Waals surface area contributed by atoms with E-state index in [-0.39, 0.29) is 0 Å². The van der Waals surface area contributed by atoms with E-state index in [0.717, 1.165) is 13.0 Å². The van der Waals surface area contributed by atoms with E-state index in [0.29, 0.717) is 0 Å². The molecular weight excluding hydrogens is 146 g/mol. The molecular formula is C11H25N. The van der Waals surface area contributed by atoms with Crippen LogP contribution >= 0.6 is 0 Å². The van der Waals surface area contributed by atoms with Crippen LogP contribution in [0.4, 0.5) is 0 Å². The molecule has 0 unspecified atom stereocenters. The molecule has 0 radical (unpaired) electrons. The molecule has 0 aromatic rings. The number of unbranched alkanes of at least 4 members (excludes halogenated alkanes) is 1. The molecule has 0 bridgehead atoms. The second kappa shape index (κ2) is 13.3. The minimum Gasteiger partial charge on any atom is -0.306 e. The molecule has 0 atom stereocenters. The van der Waals surface area contributed by atoms with Gasteiger partial charge in [-0.2, -0.15) is 0 Å². The van der Waals surface area contributed by atoms with Crippen molar-refractivity contribution in [2.75, 3.05) is 20.1 Å². The van der Waals surface area contributed by atoms with Crippen molar-refractivity contribution in [3.8, 4) is 0 Å². The van der Waals surface area contributed by atoms with Gasteiger partial charge in [0.2, 0.25) is 0 Å². The third-order valence-electron chi connectivity index (χ3n) is 1.61. The molecule has 1 nitrogen and oxygen atoms in total. The fourth-order valence-electron chi connectivity index (χ4n) is 0.852. The van der Waals surface area contributed by atoms with Gasteiger partial charge in [-0.1, -0.05) is 33.3 Å². The molecule has 0 amide bonds. The average Bonchev–Trinajstić information content (AvgIpc) is 2.14. The third kappa shape index (κ3) is 12.4. The van der Waals surface area contributed by atoms with Gasteiger partial charge < -0.3 is 4.90 Å². The van der Waals surface area contributed by atoms with Crippen LogP contribution in [0.5, 0.6) is 0 Å². The molecule has 1 heteroatoms. The Kier molecular flexibility index (Phi) is 15.8.